The SMILES string of the molecule is CC=O.CCC.CCC(C)C(C)C(CC(=O)N1CCCC1C(OC)C(C)C)OC. The molecule has 0 aromatic carbocycles. The number of amides is 1. The molecule has 0 aromatic heterocycles. The number of methoxy groups -OCH3 is 2. The molecule has 5 heteroatoms. The predicted octanol–water partition coefficient (Wildman–Crippen LogP) is 5.36. The average Bonchev–Trinajstić information content (AvgIpc) is 3.15. The maximum atomic E-state index is 12.9. The van der Waals surface area contributed by atoms with Crippen LogP contribution in [-0.2, 0) is 19.1 Å². The summed E-state index contributed by atoms with van der Waals surface area (Å²) in [4.78, 5) is 23.7. The highest BCUT2D eigenvalue weighted by molar-refractivity contribution is 5.77. The van der Waals surface area contributed by atoms with Crippen LogP contribution >= 0.6 is 0 Å². The van der Waals surface area contributed by atoms with Gasteiger partial charge in [0.2, 0.25) is 5.91 Å². The maximum absolute atomic E-state index is 12.9. The minimum atomic E-state index is -0.00116. The normalized spacial score (nSPS) is 20.0. The van der Waals surface area contributed by atoms with Crippen molar-refractivity contribution in [3.05, 3.63) is 0 Å². The number of carbonyl (C=O) groups is 2. The average molecular weight is 416 g/mol. The molecular weight excluding hydrogens is 366 g/mol. The maximum Gasteiger partial charge on any atom is 0.225 e. The van der Waals surface area contributed by atoms with E-state index in [1.807, 2.05) is 4.90 Å². The monoisotopic (exact) mass is 415 g/mol. The largest absolute Gasteiger partial charge is 0.381 e. The van der Waals surface area contributed by atoms with E-state index in [0.29, 0.717) is 24.2 Å². The first-order valence-corrected chi connectivity index (χ1v) is 11.4. The molecule has 174 valence electrons. The van der Waals surface area contributed by atoms with Crippen LogP contribution in [0.25, 0.3) is 0 Å². The van der Waals surface area contributed by atoms with Gasteiger partial charge in [0.05, 0.1) is 24.7 Å². The second kappa shape index (κ2) is 17.9. The minimum absolute atomic E-state index is 0.00116. The highest BCUT2D eigenvalue weighted by Crippen LogP contribution is 2.29. The van der Waals surface area contributed by atoms with Gasteiger partial charge in [0.1, 0.15) is 6.29 Å². The van der Waals surface area contributed by atoms with E-state index in [1.165, 1.54) is 13.3 Å². The Kier molecular flexibility index (Phi) is 18.7. The Bertz CT molecular complexity index is 414. The molecule has 5 unspecified atom stereocenters. The van der Waals surface area contributed by atoms with Gasteiger partial charge in [-0.3, -0.25) is 4.79 Å². The summed E-state index contributed by atoms with van der Waals surface area (Å²) in [5.74, 6) is 1.58. The summed E-state index contributed by atoms with van der Waals surface area (Å²) in [5, 5.41) is 0. The molecule has 0 radical (unpaired) electrons. The van der Waals surface area contributed by atoms with Gasteiger partial charge in [0.25, 0.3) is 0 Å². The van der Waals surface area contributed by atoms with Gasteiger partial charge in [-0.25, -0.2) is 0 Å². The third kappa shape index (κ3) is 11.1. The summed E-state index contributed by atoms with van der Waals surface area (Å²) in [6.07, 6.45) is 5.82. The molecule has 0 saturated carbocycles. The molecule has 0 aliphatic carbocycles. The molecule has 1 aliphatic rings. The van der Waals surface area contributed by atoms with Gasteiger partial charge >= 0.3 is 0 Å². The summed E-state index contributed by atoms with van der Waals surface area (Å²) in [5.41, 5.74) is 0. The van der Waals surface area contributed by atoms with Crippen LogP contribution in [0.15, 0.2) is 0 Å². The van der Waals surface area contributed by atoms with Gasteiger partial charge < -0.3 is 19.2 Å². The van der Waals surface area contributed by atoms with Crippen LogP contribution in [-0.4, -0.2) is 56.1 Å². The van der Waals surface area contributed by atoms with E-state index in [4.69, 9.17) is 14.3 Å². The number of rotatable bonds is 9. The Balaban J connectivity index is 0. The summed E-state index contributed by atoms with van der Waals surface area (Å²) in [7, 11) is 3.49. The smallest absolute Gasteiger partial charge is 0.225 e. The summed E-state index contributed by atoms with van der Waals surface area (Å²) >= 11 is 0. The van der Waals surface area contributed by atoms with Gasteiger partial charge in [-0.2, -0.15) is 0 Å². The van der Waals surface area contributed by atoms with Gasteiger partial charge in [-0.1, -0.05) is 61.3 Å². The van der Waals surface area contributed by atoms with Crippen molar-refractivity contribution in [1.29, 1.82) is 0 Å². The Morgan fingerprint density at radius 1 is 1.10 bits per heavy atom. The molecule has 1 fully saturated rings. The molecule has 1 saturated heterocycles. The molecule has 0 N–H and O–H groups in total. The topological polar surface area (TPSA) is 55.8 Å². The molecular formula is C24H49NO4. The number of ether oxygens (including phenoxy) is 2. The lowest BCUT2D eigenvalue weighted by Crippen LogP contribution is -2.47. The molecule has 0 bridgehead atoms. The number of likely N-dealkylation sites (tertiary alicyclic amines) is 1. The number of aldehydes is 1. The lowest BCUT2D eigenvalue weighted by atomic mass is 9.87. The number of carbonyl (C=O) groups excluding carboxylic acids is 2. The van der Waals surface area contributed by atoms with Gasteiger partial charge in [-0.05, 0) is 37.5 Å². The molecule has 1 aliphatic heterocycles. The second-order valence-electron chi connectivity index (χ2n) is 8.41. The van der Waals surface area contributed by atoms with E-state index in [0.717, 1.165) is 32.1 Å². The van der Waals surface area contributed by atoms with Crippen LogP contribution in [0, 0.1) is 17.8 Å². The molecule has 1 amide bonds. The van der Waals surface area contributed by atoms with Crippen LogP contribution in [0.4, 0.5) is 0 Å². The Hall–Kier alpha value is -0.940. The van der Waals surface area contributed by atoms with E-state index in [9.17, 15) is 4.79 Å². The number of hydrogen-bond donors (Lipinski definition) is 0. The summed E-state index contributed by atoms with van der Waals surface area (Å²) in [6, 6.07) is 0.212. The lowest BCUT2D eigenvalue weighted by molar-refractivity contribution is -0.139. The van der Waals surface area contributed by atoms with Gasteiger partial charge in [0.15, 0.2) is 0 Å². The zero-order chi connectivity index (χ0) is 23.0. The van der Waals surface area contributed by atoms with Crippen LogP contribution in [0.2, 0.25) is 0 Å². The summed E-state index contributed by atoms with van der Waals surface area (Å²) in [6.45, 7) is 17.5. The summed E-state index contributed by atoms with van der Waals surface area (Å²) < 4.78 is 11.3. The molecule has 5 nitrogen and oxygen atoms in total. The standard InChI is InChI=1S/C19H37NO3.C3H8.C2H4O/c1-8-14(4)15(5)17(22-6)12-18(21)20-11-9-10-16(20)19(23-7)13(2)3;1-3-2;1-2-3/h13-17,19H,8-12H2,1-7H3;3H2,1-2H3;2H,1H3. The molecule has 0 spiro atoms. The Labute approximate surface area is 180 Å². The molecule has 1 rings (SSSR count). The minimum Gasteiger partial charge on any atom is -0.381 e. The van der Waals surface area contributed by atoms with Crippen molar-refractivity contribution in [3.8, 4) is 0 Å². The van der Waals surface area contributed by atoms with E-state index in [-0.39, 0.29) is 24.2 Å². The molecule has 5 atom stereocenters. The van der Waals surface area contributed by atoms with E-state index >= 15 is 0 Å². The van der Waals surface area contributed by atoms with Crippen molar-refractivity contribution in [2.45, 2.75) is 106 Å². The highest BCUT2D eigenvalue weighted by atomic mass is 16.5. The van der Waals surface area contributed by atoms with Crippen molar-refractivity contribution in [2.24, 2.45) is 17.8 Å². The first-order valence-electron chi connectivity index (χ1n) is 11.4. The molecule has 1 heterocycles. The zero-order valence-electron chi connectivity index (χ0n) is 20.9. The fraction of sp³-hybridized carbons (Fsp3) is 0.917. The van der Waals surface area contributed by atoms with Crippen molar-refractivity contribution in [3.63, 3.8) is 0 Å². The third-order valence-corrected chi connectivity index (χ3v) is 5.73. The van der Waals surface area contributed by atoms with Crippen LogP contribution < -0.4 is 0 Å². The number of nitrogens with zero attached hydrogens (tertiary/aromatic N) is 1. The van der Waals surface area contributed by atoms with Gasteiger partial charge in [-0.15, -0.1) is 0 Å². The first-order chi connectivity index (χ1) is 13.7. The van der Waals surface area contributed by atoms with Crippen molar-refractivity contribution < 1.29 is 19.1 Å². The fourth-order valence-electron chi connectivity index (χ4n) is 3.83. The van der Waals surface area contributed by atoms with Crippen molar-refractivity contribution in [2.75, 3.05) is 20.8 Å². The quantitative estimate of drug-likeness (QED) is 0.476. The van der Waals surface area contributed by atoms with Crippen LogP contribution in [0.3, 0.4) is 0 Å². The van der Waals surface area contributed by atoms with E-state index in [2.05, 4.69) is 48.5 Å². The number of hydrogen-bond acceptors (Lipinski definition) is 4. The fourth-order valence-corrected chi connectivity index (χ4v) is 3.83. The van der Waals surface area contributed by atoms with Crippen molar-refractivity contribution >= 4 is 12.2 Å². The predicted molar refractivity (Wildman–Crippen MR) is 122 cm³/mol. The van der Waals surface area contributed by atoms with E-state index < -0.39 is 0 Å². The lowest BCUT2D eigenvalue weighted by Gasteiger charge is -2.35. The highest BCUT2D eigenvalue weighted by Gasteiger charge is 2.37. The van der Waals surface area contributed by atoms with Gasteiger partial charge in [0, 0.05) is 20.8 Å². The van der Waals surface area contributed by atoms with Crippen molar-refractivity contribution in [1.82, 2.24) is 4.90 Å². The first kappa shape index (κ1) is 30.3. The zero-order valence-corrected chi connectivity index (χ0v) is 20.9. The molecule has 0 aromatic rings. The van der Waals surface area contributed by atoms with E-state index in [1.54, 1.807) is 14.2 Å². The van der Waals surface area contributed by atoms with Crippen LogP contribution in [0.1, 0.15) is 87.5 Å². The Morgan fingerprint density at radius 3 is 2.00 bits per heavy atom. The third-order valence-electron chi connectivity index (χ3n) is 5.73. The Morgan fingerprint density at radius 2 is 1.62 bits per heavy atom. The second-order valence-corrected chi connectivity index (χ2v) is 8.41. The van der Waals surface area contributed by atoms with Crippen LogP contribution in [0.5, 0.6) is 0 Å². The molecule has 29 heavy (non-hydrogen) atoms.